The van der Waals surface area contributed by atoms with E-state index in [9.17, 15) is 10.1 Å². The van der Waals surface area contributed by atoms with E-state index in [1.165, 1.54) is 0 Å². The molecule has 0 spiro atoms. The molecule has 0 saturated heterocycles. The molecule has 0 saturated carbocycles. The third-order valence-electron chi connectivity index (χ3n) is 6.14. The van der Waals surface area contributed by atoms with E-state index in [0.717, 1.165) is 29.0 Å². The summed E-state index contributed by atoms with van der Waals surface area (Å²) in [5.74, 6) is 1.58. The fourth-order valence-electron chi connectivity index (χ4n) is 4.07. The van der Waals surface area contributed by atoms with Crippen LogP contribution in [0.4, 0.5) is 0 Å². The summed E-state index contributed by atoms with van der Waals surface area (Å²) < 4.78 is 7.65. The van der Waals surface area contributed by atoms with Crippen molar-refractivity contribution in [2.75, 3.05) is 6.61 Å². The first kappa shape index (κ1) is 24.7. The summed E-state index contributed by atoms with van der Waals surface area (Å²) in [6.07, 6.45) is 4.57. The summed E-state index contributed by atoms with van der Waals surface area (Å²) in [5, 5.41) is 15.3. The van der Waals surface area contributed by atoms with E-state index in [1.54, 1.807) is 29.0 Å². The molecule has 3 aromatic carbocycles. The van der Waals surface area contributed by atoms with Crippen molar-refractivity contribution in [3.63, 3.8) is 0 Å². The molecule has 2 aromatic heterocycles. The van der Waals surface area contributed by atoms with Gasteiger partial charge in [-0.25, -0.2) is 9.67 Å². The van der Waals surface area contributed by atoms with Crippen LogP contribution >= 0.6 is 0 Å². The summed E-state index contributed by atoms with van der Waals surface area (Å²) in [6.45, 7) is 5.00. The number of rotatable bonds is 8. The second-order valence-electron chi connectivity index (χ2n) is 9.37. The number of hydrogen-bond acceptors (Lipinski definition) is 5. The summed E-state index contributed by atoms with van der Waals surface area (Å²) in [5.41, 5.74) is 3.64. The molecule has 5 aromatic rings. The Morgan fingerprint density at radius 1 is 1.05 bits per heavy atom. The van der Waals surface area contributed by atoms with E-state index in [2.05, 4.69) is 29.9 Å². The number of fused-ring (bicyclic) bond motifs is 1. The van der Waals surface area contributed by atoms with E-state index in [4.69, 9.17) is 9.84 Å². The van der Waals surface area contributed by atoms with E-state index >= 15 is 0 Å². The zero-order valence-electron chi connectivity index (χ0n) is 21.3. The molecule has 2 heterocycles. The van der Waals surface area contributed by atoms with Crippen LogP contribution in [0, 0.1) is 17.2 Å². The normalized spacial score (nSPS) is 11.6. The first-order valence-electron chi connectivity index (χ1n) is 12.5. The van der Waals surface area contributed by atoms with Crippen LogP contribution in [0.15, 0.2) is 89.9 Å². The van der Waals surface area contributed by atoms with Crippen LogP contribution in [0.25, 0.3) is 39.5 Å². The smallest absolute Gasteiger partial charge is 0.259 e. The molecular weight excluding hydrogens is 474 g/mol. The number of hydrogen-bond donors (Lipinski definition) is 1. The summed E-state index contributed by atoms with van der Waals surface area (Å²) >= 11 is 0. The molecule has 0 bridgehead atoms. The van der Waals surface area contributed by atoms with Crippen LogP contribution in [0.1, 0.15) is 31.7 Å². The van der Waals surface area contributed by atoms with Gasteiger partial charge in [-0.15, -0.1) is 0 Å². The van der Waals surface area contributed by atoms with Crippen molar-refractivity contribution >= 4 is 22.6 Å². The molecule has 0 aliphatic heterocycles. The molecule has 7 heteroatoms. The average Bonchev–Trinajstić information content (AvgIpc) is 3.36. The van der Waals surface area contributed by atoms with Crippen molar-refractivity contribution in [2.24, 2.45) is 5.92 Å². The van der Waals surface area contributed by atoms with Crippen molar-refractivity contribution < 1.29 is 4.74 Å². The fourth-order valence-corrected chi connectivity index (χ4v) is 4.07. The lowest BCUT2D eigenvalue weighted by molar-refractivity contribution is 0.289. The Labute approximate surface area is 220 Å². The quantitative estimate of drug-likeness (QED) is 0.253. The predicted octanol–water partition coefficient (Wildman–Crippen LogP) is 6.26. The number of para-hydroxylation sites is 2. The second-order valence-corrected chi connectivity index (χ2v) is 9.37. The third-order valence-corrected chi connectivity index (χ3v) is 6.14. The standard InChI is InChI=1S/C31H27N5O2/c1-21(2)16-17-38-26-14-12-22(13-15-26)29-24(20-36(35-29)25-8-4-3-5-9-25)18-23(19-32)30-33-28-11-7-6-10-27(28)31(37)34-30/h3-15,18,20-21H,16-17H2,1-2H3,(H,33,34,37). The van der Waals surface area contributed by atoms with Crippen molar-refractivity contribution in [3.8, 4) is 28.8 Å². The molecule has 188 valence electrons. The molecule has 0 aliphatic rings. The van der Waals surface area contributed by atoms with Crippen LogP contribution in [-0.4, -0.2) is 26.4 Å². The van der Waals surface area contributed by atoms with Crippen LogP contribution in [0.3, 0.4) is 0 Å². The lowest BCUT2D eigenvalue weighted by atomic mass is 10.1. The van der Waals surface area contributed by atoms with E-state index < -0.39 is 0 Å². The Morgan fingerprint density at radius 3 is 2.53 bits per heavy atom. The lowest BCUT2D eigenvalue weighted by Crippen LogP contribution is -2.11. The molecule has 0 unspecified atom stereocenters. The first-order valence-corrected chi connectivity index (χ1v) is 12.5. The Kier molecular flexibility index (Phi) is 7.14. The number of aromatic nitrogens is 4. The van der Waals surface area contributed by atoms with Crippen LogP contribution in [0.5, 0.6) is 5.75 Å². The van der Waals surface area contributed by atoms with Gasteiger partial charge in [-0.05, 0) is 66.9 Å². The molecule has 7 nitrogen and oxygen atoms in total. The van der Waals surface area contributed by atoms with E-state index in [0.29, 0.717) is 29.1 Å². The van der Waals surface area contributed by atoms with Crippen molar-refractivity contribution in [2.45, 2.75) is 20.3 Å². The maximum Gasteiger partial charge on any atom is 0.259 e. The number of nitriles is 1. The summed E-state index contributed by atoms with van der Waals surface area (Å²) in [6, 6.07) is 26.8. The van der Waals surface area contributed by atoms with Gasteiger partial charge in [0.05, 0.1) is 34.5 Å². The molecule has 0 fully saturated rings. The van der Waals surface area contributed by atoms with Gasteiger partial charge in [-0.3, -0.25) is 4.79 Å². The van der Waals surface area contributed by atoms with Gasteiger partial charge >= 0.3 is 0 Å². The number of benzene rings is 3. The zero-order valence-corrected chi connectivity index (χ0v) is 21.3. The second kappa shape index (κ2) is 11.0. The van der Waals surface area contributed by atoms with Crippen molar-refractivity contribution in [1.82, 2.24) is 19.7 Å². The topological polar surface area (TPSA) is 96.6 Å². The maximum absolute atomic E-state index is 12.6. The molecule has 0 aliphatic carbocycles. The van der Waals surface area contributed by atoms with Gasteiger partial charge in [0, 0.05) is 17.3 Å². The minimum Gasteiger partial charge on any atom is -0.494 e. The Balaban J connectivity index is 1.56. The van der Waals surface area contributed by atoms with Gasteiger partial charge in [-0.1, -0.05) is 44.2 Å². The van der Waals surface area contributed by atoms with Crippen LogP contribution in [0.2, 0.25) is 0 Å². The average molecular weight is 502 g/mol. The van der Waals surface area contributed by atoms with Gasteiger partial charge in [0.2, 0.25) is 0 Å². The number of allylic oxidation sites excluding steroid dienone is 1. The summed E-state index contributed by atoms with van der Waals surface area (Å²) in [4.78, 5) is 19.9. The van der Waals surface area contributed by atoms with Gasteiger partial charge in [-0.2, -0.15) is 10.4 Å². The number of nitrogens with zero attached hydrogens (tertiary/aromatic N) is 4. The zero-order chi connectivity index (χ0) is 26.5. The van der Waals surface area contributed by atoms with Gasteiger partial charge < -0.3 is 9.72 Å². The Hall–Kier alpha value is -4.96. The van der Waals surface area contributed by atoms with Gasteiger partial charge in [0.15, 0.2) is 5.82 Å². The van der Waals surface area contributed by atoms with Gasteiger partial charge in [0.1, 0.15) is 11.8 Å². The minimum absolute atomic E-state index is 0.212. The summed E-state index contributed by atoms with van der Waals surface area (Å²) in [7, 11) is 0. The highest BCUT2D eigenvalue weighted by atomic mass is 16.5. The first-order chi connectivity index (χ1) is 18.5. The minimum atomic E-state index is -0.292. The molecular formula is C31H27N5O2. The number of nitrogens with one attached hydrogen (secondary N) is 1. The van der Waals surface area contributed by atoms with E-state index in [-0.39, 0.29) is 17.0 Å². The molecule has 1 N–H and O–H groups in total. The molecule has 0 amide bonds. The molecule has 0 radical (unpaired) electrons. The van der Waals surface area contributed by atoms with E-state index in [1.807, 2.05) is 66.9 Å². The third kappa shape index (κ3) is 5.40. The highest BCUT2D eigenvalue weighted by Crippen LogP contribution is 2.29. The van der Waals surface area contributed by atoms with Crippen LogP contribution < -0.4 is 10.3 Å². The SMILES string of the molecule is CC(C)CCOc1ccc(-c2nn(-c3ccccc3)cc2C=C(C#N)c2nc3ccccc3c(=O)[nH]2)cc1. The number of ether oxygens (including phenoxy) is 1. The molecule has 38 heavy (non-hydrogen) atoms. The molecule has 0 atom stereocenters. The lowest BCUT2D eigenvalue weighted by Gasteiger charge is -2.08. The fraction of sp³-hybridized carbons (Fsp3) is 0.161. The van der Waals surface area contributed by atoms with Crippen molar-refractivity contribution in [3.05, 3.63) is 107 Å². The van der Waals surface area contributed by atoms with Crippen molar-refractivity contribution in [1.29, 1.82) is 5.26 Å². The molecule has 5 rings (SSSR count). The Morgan fingerprint density at radius 2 is 1.79 bits per heavy atom. The monoisotopic (exact) mass is 501 g/mol. The maximum atomic E-state index is 12.6. The van der Waals surface area contributed by atoms with Gasteiger partial charge in [0.25, 0.3) is 5.56 Å². The number of aromatic amines is 1. The van der Waals surface area contributed by atoms with Crippen LogP contribution in [-0.2, 0) is 0 Å². The largest absolute Gasteiger partial charge is 0.494 e. The highest BCUT2D eigenvalue weighted by molar-refractivity contribution is 5.91. The highest BCUT2D eigenvalue weighted by Gasteiger charge is 2.15. The number of H-pyrrole nitrogens is 1. The Bertz CT molecular complexity index is 1690. The predicted molar refractivity (Wildman–Crippen MR) is 150 cm³/mol.